The summed E-state index contributed by atoms with van der Waals surface area (Å²) in [7, 11) is 2.96. The summed E-state index contributed by atoms with van der Waals surface area (Å²) in [5.41, 5.74) is 2.10. The van der Waals surface area contributed by atoms with Gasteiger partial charge in [-0.1, -0.05) is 16.9 Å². The van der Waals surface area contributed by atoms with Crippen LogP contribution in [-0.2, 0) is 26.3 Å². The Hall–Kier alpha value is -1.98. The maximum atomic E-state index is 12.8. The van der Waals surface area contributed by atoms with Crippen molar-refractivity contribution in [3.05, 3.63) is 27.9 Å². The third kappa shape index (κ3) is 5.09. The molecule has 2 amide bonds. The molecule has 4 rings (SSSR count). The second-order valence-electron chi connectivity index (χ2n) is 6.47. The zero-order valence-corrected chi connectivity index (χ0v) is 22.1. The number of rotatable bonds is 8. The van der Waals surface area contributed by atoms with E-state index in [-0.39, 0.29) is 46.7 Å². The molecule has 17 heteroatoms. The van der Waals surface area contributed by atoms with Gasteiger partial charge >= 0.3 is 29.6 Å². The molecule has 0 aromatic carbocycles. The Balaban J connectivity index is 0.00000306. The quantitative estimate of drug-likeness (QED) is 0.117. The first-order valence-corrected chi connectivity index (χ1v) is 11.9. The van der Waals surface area contributed by atoms with Crippen LogP contribution in [0.3, 0.4) is 0 Å². The van der Waals surface area contributed by atoms with Gasteiger partial charge in [0.1, 0.15) is 24.2 Å². The maximum Gasteiger partial charge on any atom is 1.00 e. The van der Waals surface area contributed by atoms with E-state index in [0.717, 1.165) is 4.90 Å². The monoisotopic (exact) mass is 518 g/mol. The second kappa shape index (κ2) is 11.0. The second-order valence-corrected chi connectivity index (χ2v) is 9.24. The molecular formula is C16H15N8NaO5S3. The Bertz CT molecular complexity index is 1120. The van der Waals surface area contributed by atoms with Crippen molar-refractivity contribution in [1.29, 1.82) is 0 Å². The van der Waals surface area contributed by atoms with Gasteiger partial charge in [0.15, 0.2) is 5.71 Å². The number of aliphatic carboxylic acids is 1. The molecule has 168 valence electrons. The Labute approximate surface area is 221 Å². The first-order chi connectivity index (χ1) is 15.4. The zero-order valence-electron chi connectivity index (χ0n) is 17.6. The van der Waals surface area contributed by atoms with Crippen LogP contribution in [0.2, 0.25) is 0 Å². The fourth-order valence-corrected chi connectivity index (χ4v) is 5.98. The number of thioether (sulfide) groups is 2. The number of carboxylic acids is 1. The number of carbonyl (C=O) groups is 3. The molecule has 0 aliphatic carbocycles. The van der Waals surface area contributed by atoms with Crippen LogP contribution in [0.1, 0.15) is 5.69 Å². The Kier molecular flexibility index (Phi) is 8.52. The van der Waals surface area contributed by atoms with Crippen LogP contribution in [0.25, 0.3) is 0 Å². The van der Waals surface area contributed by atoms with Gasteiger partial charge in [-0.15, -0.1) is 28.2 Å². The van der Waals surface area contributed by atoms with Crippen LogP contribution in [0.15, 0.2) is 32.5 Å². The maximum absolute atomic E-state index is 12.8. The third-order valence-electron chi connectivity index (χ3n) is 4.56. The largest absolute Gasteiger partial charge is 1.00 e. The van der Waals surface area contributed by atoms with Crippen LogP contribution in [-0.4, -0.2) is 83.6 Å². The van der Waals surface area contributed by atoms with Crippen molar-refractivity contribution in [1.82, 2.24) is 35.4 Å². The first kappa shape index (κ1) is 25.6. The van der Waals surface area contributed by atoms with Gasteiger partial charge in [-0.3, -0.25) is 14.5 Å². The predicted molar refractivity (Wildman–Crippen MR) is 112 cm³/mol. The number of amides is 2. The molecule has 1 N–H and O–H groups in total. The molecule has 2 aromatic rings. The van der Waals surface area contributed by atoms with Crippen molar-refractivity contribution in [2.45, 2.75) is 16.6 Å². The van der Waals surface area contributed by atoms with E-state index in [0.29, 0.717) is 22.2 Å². The molecule has 4 heterocycles. The smallest absolute Gasteiger partial charge is 0.543 e. The number of hydrogen-bond donors (Lipinski definition) is 1. The molecule has 0 spiro atoms. The number of β-lactam (4-membered cyclic amide) rings is 1. The van der Waals surface area contributed by atoms with Crippen molar-refractivity contribution in [2.24, 2.45) is 12.2 Å². The van der Waals surface area contributed by atoms with Crippen LogP contribution in [0.4, 0.5) is 0 Å². The third-order valence-corrected chi connectivity index (χ3v) is 7.58. The van der Waals surface area contributed by atoms with Crippen LogP contribution in [0, 0.1) is 0 Å². The number of carbonyl (C=O) groups excluding carboxylic acids is 3. The summed E-state index contributed by atoms with van der Waals surface area (Å²) < 4.78 is 1.46. The Morgan fingerprint density at radius 2 is 2.24 bits per heavy atom. The van der Waals surface area contributed by atoms with Gasteiger partial charge in [0, 0.05) is 23.9 Å². The molecule has 33 heavy (non-hydrogen) atoms. The van der Waals surface area contributed by atoms with E-state index in [9.17, 15) is 19.5 Å². The summed E-state index contributed by atoms with van der Waals surface area (Å²) in [6.45, 7) is 0. The SMILES string of the molecule is CON=C(C(=O)NC1C(=O)N2C(C(=O)[O-])=C(CSc3nnnn3C)CS[C@@H]12)c1cscn1.[Na+]. The molecule has 2 aromatic heterocycles. The summed E-state index contributed by atoms with van der Waals surface area (Å²) in [5, 5.41) is 30.8. The number of nitrogens with zero attached hydrogens (tertiary/aromatic N) is 7. The summed E-state index contributed by atoms with van der Waals surface area (Å²) in [6, 6.07) is -0.917. The van der Waals surface area contributed by atoms with Gasteiger partial charge in [0.2, 0.25) is 5.16 Å². The van der Waals surface area contributed by atoms with Crippen molar-refractivity contribution >= 4 is 58.4 Å². The minimum absolute atomic E-state index is 0. The summed E-state index contributed by atoms with van der Waals surface area (Å²) in [4.78, 5) is 47.2. The summed E-state index contributed by atoms with van der Waals surface area (Å²) in [5.74, 6) is -2.04. The number of hydrogen-bond acceptors (Lipinski definition) is 13. The van der Waals surface area contributed by atoms with Crippen LogP contribution in [0.5, 0.6) is 0 Å². The predicted octanol–water partition coefficient (Wildman–Crippen LogP) is -4.78. The number of thiazole rings is 1. The Morgan fingerprint density at radius 1 is 1.45 bits per heavy atom. The van der Waals surface area contributed by atoms with Crippen molar-refractivity contribution in [2.75, 3.05) is 18.6 Å². The molecule has 1 fully saturated rings. The topological polar surface area (TPSA) is 168 Å². The first-order valence-electron chi connectivity index (χ1n) is 8.96. The van der Waals surface area contributed by atoms with Crippen molar-refractivity contribution < 1.29 is 53.9 Å². The normalized spacial score (nSPS) is 20.0. The van der Waals surface area contributed by atoms with Gasteiger partial charge in [-0.2, -0.15) is 0 Å². The molecule has 0 saturated carbocycles. The summed E-state index contributed by atoms with van der Waals surface area (Å²) in [6.07, 6.45) is 0. The van der Waals surface area contributed by atoms with Crippen LogP contribution >= 0.6 is 34.9 Å². The van der Waals surface area contributed by atoms with Gasteiger partial charge in [0.25, 0.3) is 11.8 Å². The number of aryl methyl sites for hydroxylation is 1. The van der Waals surface area contributed by atoms with Crippen LogP contribution < -0.4 is 40.0 Å². The van der Waals surface area contributed by atoms with Gasteiger partial charge in [0.05, 0.1) is 17.2 Å². The molecule has 13 nitrogen and oxygen atoms in total. The van der Waals surface area contributed by atoms with E-state index < -0.39 is 29.2 Å². The van der Waals surface area contributed by atoms with E-state index >= 15 is 0 Å². The summed E-state index contributed by atoms with van der Waals surface area (Å²) >= 11 is 3.87. The number of nitrogens with one attached hydrogen (secondary N) is 1. The number of carboxylic acid groups (broad SMARTS) is 1. The zero-order chi connectivity index (χ0) is 22.8. The van der Waals surface area contributed by atoms with E-state index in [1.54, 1.807) is 12.4 Å². The Morgan fingerprint density at radius 3 is 2.85 bits per heavy atom. The van der Waals surface area contributed by atoms with E-state index in [1.807, 2.05) is 0 Å². The molecule has 0 radical (unpaired) electrons. The standard InChI is InChI=1S/C16H16N8O5S3.Na/c1-23-16(19-21-22-23)32-4-7-3-31-14-10(13(26)24(14)11(7)15(27)28)18-12(25)9(20-29-2)8-5-30-6-17-8;/h5-6,10,14H,3-4H2,1-2H3,(H,18,25)(H,27,28);/q;+1/p-1/t10?,14-;/m0./s1. The number of oxime groups is 1. The molecule has 1 unspecified atom stereocenters. The fraction of sp³-hybridized carbons (Fsp3) is 0.375. The van der Waals surface area contributed by atoms with Gasteiger partial charge < -0.3 is 20.1 Å². The minimum Gasteiger partial charge on any atom is -0.543 e. The van der Waals surface area contributed by atoms with E-state index in [2.05, 4.69) is 31.0 Å². The molecule has 2 aliphatic heterocycles. The van der Waals surface area contributed by atoms with Crippen molar-refractivity contribution in [3.63, 3.8) is 0 Å². The van der Waals surface area contributed by atoms with E-state index in [4.69, 9.17) is 4.84 Å². The number of aromatic nitrogens is 5. The minimum atomic E-state index is -1.45. The molecular weight excluding hydrogens is 503 g/mol. The molecule has 2 atom stereocenters. The average molecular weight is 519 g/mol. The fourth-order valence-electron chi connectivity index (χ4n) is 3.11. The van der Waals surface area contributed by atoms with Crippen molar-refractivity contribution in [3.8, 4) is 0 Å². The number of tetrazole rings is 1. The molecule has 0 bridgehead atoms. The average Bonchev–Trinajstić information content (AvgIpc) is 3.45. The molecule has 2 aliphatic rings. The molecule has 1 saturated heterocycles. The number of fused-ring (bicyclic) bond motifs is 1. The van der Waals surface area contributed by atoms with E-state index in [1.165, 1.54) is 52.2 Å². The van der Waals surface area contributed by atoms with Gasteiger partial charge in [-0.25, -0.2) is 9.67 Å². The van der Waals surface area contributed by atoms with Gasteiger partial charge in [-0.05, 0) is 16.0 Å².